The molecule has 1 atom stereocenters. The largest absolute Gasteiger partial charge is 0.274 e. The Kier molecular flexibility index (Phi) is 3.28. The number of fused-ring (bicyclic) bond motifs is 1. The van der Waals surface area contributed by atoms with E-state index in [0.29, 0.717) is 5.69 Å². The van der Waals surface area contributed by atoms with Gasteiger partial charge in [0.25, 0.3) is 17.7 Å². The second-order valence-corrected chi connectivity index (χ2v) is 6.15. The quantitative estimate of drug-likeness (QED) is 0.787. The molecular weight excluding hydrogens is 320 g/mol. The summed E-state index contributed by atoms with van der Waals surface area (Å²) < 4.78 is 0. The molecule has 25 heavy (non-hydrogen) atoms. The van der Waals surface area contributed by atoms with Crippen molar-refractivity contribution in [3.8, 4) is 0 Å². The highest BCUT2D eigenvalue weighted by Crippen LogP contribution is 2.31. The molecule has 0 saturated carbocycles. The first kappa shape index (κ1) is 15.3. The van der Waals surface area contributed by atoms with Crippen molar-refractivity contribution in [2.24, 2.45) is 0 Å². The lowest BCUT2D eigenvalue weighted by atomic mass is 10.1. The second kappa shape index (κ2) is 5.37. The van der Waals surface area contributed by atoms with Crippen LogP contribution in [0.3, 0.4) is 0 Å². The van der Waals surface area contributed by atoms with Gasteiger partial charge >= 0.3 is 0 Å². The Morgan fingerprint density at radius 3 is 1.96 bits per heavy atom. The van der Waals surface area contributed by atoms with E-state index in [4.69, 9.17) is 0 Å². The highest BCUT2D eigenvalue weighted by atomic mass is 16.2. The number of rotatable bonds is 2. The van der Waals surface area contributed by atoms with E-state index >= 15 is 0 Å². The number of amides is 4. The summed E-state index contributed by atoms with van der Waals surface area (Å²) in [4.78, 5) is 52.2. The molecule has 1 saturated heterocycles. The predicted molar refractivity (Wildman–Crippen MR) is 89.0 cm³/mol. The Balaban J connectivity index is 1.68. The SMILES string of the molecule is Cc1ccc(N2C(=O)CC(N3C(=O)c4ccccc4C3=O)C2=O)cc1. The minimum atomic E-state index is -1.10. The third-order valence-electron chi connectivity index (χ3n) is 4.55. The van der Waals surface area contributed by atoms with Gasteiger partial charge in [0.05, 0.1) is 23.2 Å². The topological polar surface area (TPSA) is 74.8 Å². The Labute approximate surface area is 143 Å². The van der Waals surface area contributed by atoms with Crippen LogP contribution in [0.1, 0.15) is 32.7 Å². The van der Waals surface area contributed by atoms with Gasteiger partial charge in [-0.1, -0.05) is 29.8 Å². The van der Waals surface area contributed by atoms with Crippen LogP contribution in [0, 0.1) is 6.92 Å². The van der Waals surface area contributed by atoms with E-state index in [1.807, 2.05) is 6.92 Å². The number of benzene rings is 2. The van der Waals surface area contributed by atoms with E-state index in [1.165, 1.54) is 0 Å². The predicted octanol–water partition coefficient (Wildman–Crippen LogP) is 1.92. The molecule has 4 rings (SSSR count). The number of carbonyl (C=O) groups excluding carboxylic acids is 4. The molecule has 6 nitrogen and oxygen atoms in total. The Hall–Kier alpha value is -3.28. The van der Waals surface area contributed by atoms with Crippen LogP contribution in [0.2, 0.25) is 0 Å². The van der Waals surface area contributed by atoms with Crippen molar-refractivity contribution in [3.05, 3.63) is 65.2 Å². The highest BCUT2D eigenvalue weighted by molar-refractivity contribution is 6.28. The van der Waals surface area contributed by atoms with Gasteiger partial charge in [0.15, 0.2) is 0 Å². The molecular formula is C19H14N2O4. The van der Waals surface area contributed by atoms with E-state index < -0.39 is 29.7 Å². The van der Waals surface area contributed by atoms with Crippen LogP contribution in [0.15, 0.2) is 48.5 Å². The van der Waals surface area contributed by atoms with Crippen molar-refractivity contribution < 1.29 is 19.2 Å². The molecule has 0 radical (unpaired) electrons. The van der Waals surface area contributed by atoms with Gasteiger partial charge in [0.2, 0.25) is 5.91 Å². The Morgan fingerprint density at radius 1 is 0.840 bits per heavy atom. The third-order valence-corrected chi connectivity index (χ3v) is 4.55. The lowest BCUT2D eigenvalue weighted by Crippen LogP contribution is -2.45. The number of imide groups is 2. The fourth-order valence-corrected chi connectivity index (χ4v) is 3.27. The second-order valence-electron chi connectivity index (χ2n) is 6.15. The summed E-state index contributed by atoms with van der Waals surface area (Å²) in [5, 5.41) is 0. The molecule has 4 amide bonds. The Bertz CT molecular complexity index is 898. The highest BCUT2D eigenvalue weighted by Gasteiger charge is 2.50. The van der Waals surface area contributed by atoms with Gasteiger partial charge in [-0.05, 0) is 31.2 Å². The molecule has 0 bridgehead atoms. The van der Waals surface area contributed by atoms with Gasteiger partial charge < -0.3 is 0 Å². The van der Waals surface area contributed by atoms with E-state index in [2.05, 4.69) is 0 Å². The first-order valence-corrected chi connectivity index (χ1v) is 7.89. The Morgan fingerprint density at radius 2 is 1.40 bits per heavy atom. The van der Waals surface area contributed by atoms with Crippen molar-refractivity contribution in [3.63, 3.8) is 0 Å². The zero-order valence-corrected chi connectivity index (χ0v) is 13.4. The van der Waals surface area contributed by atoms with E-state index in [1.54, 1.807) is 48.5 Å². The number of aryl methyl sites for hydroxylation is 1. The minimum Gasteiger partial charge on any atom is -0.274 e. The van der Waals surface area contributed by atoms with E-state index in [9.17, 15) is 19.2 Å². The van der Waals surface area contributed by atoms with Gasteiger partial charge in [0, 0.05) is 0 Å². The summed E-state index contributed by atoms with van der Waals surface area (Å²) in [7, 11) is 0. The molecule has 124 valence electrons. The van der Waals surface area contributed by atoms with Crippen molar-refractivity contribution in [1.29, 1.82) is 0 Å². The molecule has 6 heteroatoms. The zero-order valence-electron chi connectivity index (χ0n) is 13.4. The van der Waals surface area contributed by atoms with Crippen LogP contribution >= 0.6 is 0 Å². The summed E-state index contributed by atoms with van der Waals surface area (Å²) in [6.07, 6.45) is -0.196. The lowest BCUT2D eigenvalue weighted by Gasteiger charge is -2.20. The molecule has 2 aromatic carbocycles. The monoisotopic (exact) mass is 334 g/mol. The van der Waals surface area contributed by atoms with Gasteiger partial charge in [-0.3, -0.25) is 24.1 Å². The van der Waals surface area contributed by atoms with E-state index in [-0.39, 0.29) is 17.5 Å². The molecule has 2 heterocycles. The summed E-state index contributed by atoms with van der Waals surface area (Å²) in [6.45, 7) is 1.90. The number of anilines is 1. The normalized spacial score (nSPS) is 19.8. The van der Waals surface area contributed by atoms with Crippen molar-refractivity contribution >= 4 is 29.3 Å². The van der Waals surface area contributed by atoms with Gasteiger partial charge in [-0.25, -0.2) is 4.90 Å². The number of nitrogens with zero attached hydrogens (tertiary/aromatic N) is 2. The molecule has 0 N–H and O–H groups in total. The maximum atomic E-state index is 12.8. The van der Waals surface area contributed by atoms with Crippen LogP contribution in [0.4, 0.5) is 5.69 Å². The van der Waals surface area contributed by atoms with Gasteiger partial charge in [-0.2, -0.15) is 0 Å². The number of hydrogen-bond donors (Lipinski definition) is 0. The summed E-state index contributed by atoms with van der Waals surface area (Å²) in [5.41, 5.74) is 1.97. The fourth-order valence-electron chi connectivity index (χ4n) is 3.27. The minimum absolute atomic E-state index is 0.196. The maximum Gasteiger partial charge on any atom is 0.262 e. The van der Waals surface area contributed by atoms with Crippen molar-refractivity contribution in [1.82, 2.24) is 4.90 Å². The smallest absolute Gasteiger partial charge is 0.262 e. The van der Waals surface area contributed by atoms with Crippen LogP contribution < -0.4 is 4.90 Å². The number of carbonyl (C=O) groups is 4. The van der Waals surface area contributed by atoms with Crippen LogP contribution in [0.5, 0.6) is 0 Å². The van der Waals surface area contributed by atoms with Crippen LogP contribution in [-0.2, 0) is 9.59 Å². The average Bonchev–Trinajstić information content (AvgIpc) is 3.03. The molecule has 0 spiro atoms. The molecule has 2 aromatic rings. The van der Waals surface area contributed by atoms with E-state index in [0.717, 1.165) is 15.4 Å². The van der Waals surface area contributed by atoms with Gasteiger partial charge in [-0.15, -0.1) is 0 Å². The van der Waals surface area contributed by atoms with Gasteiger partial charge in [0.1, 0.15) is 6.04 Å². The average molecular weight is 334 g/mol. The first-order chi connectivity index (χ1) is 12.0. The molecule has 0 aromatic heterocycles. The molecule has 2 aliphatic rings. The zero-order chi connectivity index (χ0) is 17.7. The molecule has 1 unspecified atom stereocenters. The summed E-state index contributed by atoms with van der Waals surface area (Å²) in [6, 6.07) is 12.3. The lowest BCUT2D eigenvalue weighted by molar-refractivity contribution is -0.122. The van der Waals surface area contributed by atoms with Crippen molar-refractivity contribution in [2.75, 3.05) is 4.90 Å². The van der Waals surface area contributed by atoms with Crippen LogP contribution in [-0.4, -0.2) is 34.6 Å². The first-order valence-electron chi connectivity index (χ1n) is 7.89. The maximum absolute atomic E-state index is 12.8. The third kappa shape index (κ3) is 2.18. The van der Waals surface area contributed by atoms with Crippen LogP contribution in [0.25, 0.3) is 0 Å². The molecule has 0 aliphatic carbocycles. The molecule has 2 aliphatic heterocycles. The standard InChI is InChI=1S/C19H14N2O4/c1-11-6-8-12(9-7-11)20-16(22)10-15(19(20)25)21-17(23)13-4-2-3-5-14(13)18(21)24/h2-9,15H,10H2,1H3. The van der Waals surface area contributed by atoms with Crippen molar-refractivity contribution in [2.45, 2.75) is 19.4 Å². The fraction of sp³-hybridized carbons (Fsp3) is 0.158. The summed E-state index contributed by atoms with van der Waals surface area (Å²) >= 11 is 0. The summed E-state index contributed by atoms with van der Waals surface area (Å²) in [5.74, 6) is -2.03. The number of hydrogen-bond acceptors (Lipinski definition) is 4. The molecule has 1 fully saturated rings.